The highest BCUT2D eigenvalue weighted by Crippen LogP contribution is 2.55. The zero-order valence-corrected chi connectivity index (χ0v) is 14.5. The first kappa shape index (κ1) is 15.7. The molecule has 0 heterocycles. The van der Waals surface area contributed by atoms with Crippen molar-refractivity contribution in [3.05, 3.63) is 23.3 Å². The molecule has 1 aliphatic carbocycles. The topological polar surface area (TPSA) is 18.5 Å². The van der Waals surface area contributed by atoms with E-state index in [0.29, 0.717) is 10.2 Å². The van der Waals surface area contributed by atoms with E-state index in [-0.39, 0.29) is 0 Å². The Morgan fingerprint density at radius 1 is 1.15 bits per heavy atom. The summed E-state index contributed by atoms with van der Waals surface area (Å²) in [6, 6.07) is 4.23. The van der Waals surface area contributed by atoms with Crippen LogP contribution in [0, 0.1) is 12.3 Å². The van der Waals surface area contributed by atoms with Gasteiger partial charge in [-0.05, 0) is 54.9 Å². The number of halogens is 1. The van der Waals surface area contributed by atoms with Crippen LogP contribution in [0.1, 0.15) is 55.0 Å². The minimum atomic E-state index is 0.391. The van der Waals surface area contributed by atoms with Crippen LogP contribution in [0.3, 0.4) is 0 Å². The van der Waals surface area contributed by atoms with Gasteiger partial charge >= 0.3 is 0 Å². The first-order valence-corrected chi connectivity index (χ1v) is 8.36. The third-order valence-electron chi connectivity index (χ3n) is 4.89. The van der Waals surface area contributed by atoms with Crippen LogP contribution in [-0.2, 0) is 0 Å². The number of hydrogen-bond donors (Lipinski definition) is 0. The lowest BCUT2D eigenvalue weighted by Gasteiger charge is -2.34. The number of methoxy groups -OCH3 is 2. The van der Waals surface area contributed by atoms with E-state index >= 15 is 0 Å². The van der Waals surface area contributed by atoms with E-state index in [9.17, 15) is 0 Å². The molecular weight excluding hydrogens is 316 g/mol. The number of aryl methyl sites for hydroxylation is 1. The van der Waals surface area contributed by atoms with Crippen LogP contribution in [-0.4, -0.2) is 14.2 Å². The molecule has 1 unspecified atom stereocenters. The number of rotatable bonds is 5. The molecule has 0 N–H and O–H groups in total. The van der Waals surface area contributed by atoms with E-state index in [1.807, 2.05) is 0 Å². The number of hydrogen-bond acceptors (Lipinski definition) is 2. The quantitative estimate of drug-likeness (QED) is 0.666. The molecule has 1 aliphatic rings. The second-order valence-corrected chi connectivity index (χ2v) is 6.77. The molecule has 0 aliphatic heterocycles. The van der Waals surface area contributed by atoms with Crippen molar-refractivity contribution in [3.8, 4) is 11.5 Å². The number of alkyl halides is 1. The molecule has 1 fully saturated rings. The van der Waals surface area contributed by atoms with Crippen molar-refractivity contribution < 1.29 is 9.47 Å². The average Bonchev–Trinajstić information content (AvgIpc) is 2.96. The van der Waals surface area contributed by atoms with Gasteiger partial charge < -0.3 is 9.47 Å². The molecule has 1 saturated carbocycles. The molecule has 1 aromatic carbocycles. The molecule has 0 saturated heterocycles. The maximum Gasteiger partial charge on any atom is 0.161 e. The normalized spacial score (nSPS) is 18.9. The lowest BCUT2D eigenvalue weighted by molar-refractivity contribution is 0.278. The monoisotopic (exact) mass is 340 g/mol. The largest absolute Gasteiger partial charge is 0.493 e. The first-order chi connectivity index (χ1) is 9.57. The second-order valence-electron chi connectivity index (χ2n) is 5.85. The van der Waals surface area contributed by atoms with Crippen molar-refractivity contribution >= 4 is 15.9 Å². The molecule has 2 nitrogen and oxygen atoms in total. The van der Waals surface area contributed by atoms with Gasteiger partial charge in [0.25, 0.3) is 0 Å². The van der Waals surface area contributed by atoms with Crippen LogP contribution in [0.2, 0.25) is 0 Å². The van der Waals surface area contributed by atoms with Crippen LogP contribution in [0.4, 0.5) is 0 Å². The summed E-state index contributed by atoms with van der Waals surface area (Å²) in [5.74, 6) is 1.63. The first-order valence-electron chi connectivity index (χ1n) is 7.44. The van der Waals surface area contributed by atoms with Crippen molar-refractivity contribution in [1.29, 1.82) is 0 Å². The summed E-state index contributed by atoms with van der Waals surface area (Å²) >= 11 is 3.99. The number of benzene rings is 1. The Morgan fingerprint density at radius 2 is 1.70 bits per heavy atom. The van der Waals surface area contributed by atoms with E-state index in [1.54, 1.807) is 14.2 Å². The second kappa shape index (κ2) is 6.38. The zero-order valence-electron chi connectivity index (χ0n) is 13.0. The average molecular weight is 341 g/mol. The Labute approximate surface area is 131 Å². The van der Waals surface area contributed by atoms with Crippen molar-refractivity contribution in [2.45, 2.75) is 50.8 Å². The fourth-order valence-electron chi connectivity index (χ4n) is 3.46. The lowest BCUT2D eigenvalue weighted by Crippen LogP contribution is -2.22. The van der Waals surface area contributed by atoms with Crippen LogP contribution in [0.5, 0.6) is 11.5 Å². The van der Waals surface area contributed by atoms with Crippen molar-refractivity contribution in [1.82, 2.24) is 0 Å². The summed E-state index contributed by atoms with van der Waals surface area (Å²) in [4.78, 5) is 0.391. The molecule has 112 valence electrons. The third-order valence-corrected chi connectivity index (χ3v) is 6.35. The van der Waals surface area contributed by atoms with Crippen molar-refractivity contribution in [2.75, 3.05) is 14.2 Å². The van der Waals surface area contributed by atoms with E-state index in [1.165, 1.54) is 43.2 Å². The fourth-order valence-corrected chi connectivity index (χ4v) is 4.74. The summed E-state index contributed by atoms with van der Waals surface area (Å²) < 4.78 is 10.9. The van der Waals surface area contributed by atoms with Crippen LogP contribution < -0.4 is 9.47 Å². The minimum Gasteiger partial charge on any atom is -0.493 e. The Morgan fingerprint density at radius 3 is 2.20 bits per heavy atom. The summed E-state index contributed by atoms with van der Waals surface area (Å²) in [5.41, 5.74) is 3.00. The molecule has 1 atom stereocenters. The van der Waals surface area contributed by atoms with Gasteiger partial charge in [-0.2, -0.15) is 0 Å². The molecule has 0 aromatic heterocycles. The Kier molecular flexibility index (Phi) is 5.00. The maximum absolute atomic E-state index is 5.47. The highest BCUT2D eigenvalue weighted by Gasteiger charge is 2.40. The molecular formula is C17H25BrO2. The van der Waals surface area contributed by atoms with Gasteiger partial charge in [-0.25, -0.2) is 0 Å². The Bertz CT molecular complexity index is 464. The summed E-state index contributed by atoms with van der Waals surface area (Å²) in [7, 11) is 3.39. The van der Waals surface area contributed by atoms with Gasteiger partial charge in [0.2, 0.25) is 0 Å². The predicted octanol–water partition coefficient (Wildman–Crippen LogP) is 5.42. The van der Waals surface area contributed by atoms with E-state index in [4.69, 9.17) is 9.47 Å². The lowest BCUT2D eigenvalue weighted by atomic mass is 9.77. The molecule has 0 bridgehead atoms. The van der Waals surface area contributed by atoms with Gasteiger partial charge in [-0.1, -0.05) is 35.7 Å². The maximum atomic E-state index is 5.47. The third kappa shape index (κ3) is 2.69. The molecule has 20 heavy (non-hydrogen) atoms. The fraction of sp³-hybridized carbons (Fsp3) is 0.647. The van der Waals surface area contributed by atoms with Crippen LogP contribution in [0.25, 0.3) is 0 Å². The van der Waals surface area contributed by atoms with Gasteiger partial charge in [-0.15, -0.1) is 0 Å². The molecule has 3 heteroatoms. The highest BCUT2D eigenvalue weighted by molar-refractivity contribution is 9.09. The molecule has 2 rings (SSSR count). The van der Waals surface area contributed by atoms with E-state index in [2.05, 4.69) is 41.9 Å². The molecule has 0 spiro atoms. The molecule has 0 radical (unpaired) electrons. The SMILES string of the molecule is CCC1(C(Br)c2cc(OC)c(OC)cc2C)CCCC1. The van der Waals surface area contributed by atoms with E-state index in [0.717, 1.165) is 11.5 Å². The van der Waals surface area contributed by atoms with Gasteiger partial charge in [0, 0.05) is 4.83 Å². The highest BCUT2D eigenvalue weighted by atomic mass is 79.9. The predicted molar refractivity (Wildman–Crippen MR) is 87.1 cm³/mol. The molecule has 1 aromatic rings. The van der Waals surface area contributed by atoms with Gasteiger partial charge in [0.15, 0.2) is 11.5 Å². The Balaban J connectivity index is 2.41. The minimum absolute atomic E-state index is 0.391. The summed E-state index contributed by atoms with van der Waals surface area (Å²) in [5, 5.41) is 0. The van der Waals surface area contributed by atoms with Crippen molar-refractivity contribution in [2.24, 2.45) is 5.41 Å². The standard InChI is InChI=1S/C17H25BrO2/c1-5-17(8-6-7-9-17)16(18)13-11-15(20-4)14(19-3)10-12(13)2/h10-11,16H,5-9H2,1-4H3. The van der Waals surface area contributed by atoms with Gasteiger partial charge in [0.1, 0.15) is 0 Å². The van der Waals surface area contributed by atoms with Crippen LogP contribution >= 0.6 is 15.9 Å². The molecule has 0 amide bonds. The van der Waals surface area contributed by atoms with E-state index < -0.39 is 0 Å². The van der Waals surface area contributed by atoms with Crippen LogP contribution in [0.15, 0.2) is 12.1 Å². The number of ether oxygens (including phenoxy) is 2. The summed E-state index contributed by atoms with van der Waals surface area (Å²) in [6.07, 6.45) is 6.54. The van der Waals surface area contributed by atoms with Gasteiger partial charge in [0.05, 0.1) is 14.2 Å². The smallest absolute Gasteiger partial charge is 0.161 e. The van der Waals surface area contributed by atoms with Crippen molar-refractivity contribution in [3.63, 3.8) is 0 Å². The van der Waals surface area contributed by atoms with Gasteiger partial charge in [-0.3, -0.25) is 0 Å². The Hall–Kier alpha value is -0.700. The zero-order chi connectivity index (χ0) is 14.8. The summed E-state index contributed by atoms with van der Waals surface area (Å²) in [6.45, 7) is 4.47.